The van der Waals surface area contributed by atoms with Crippen LogP contribution in [0.15, 0.2) is 54.6 Å². The fourth-order valence-corrected chi connectivity index (χ4v) is 3.68. The van der Waals surface area contributed by atoms with Gasteiger partial charge in [0.25, 0.3) is 0 Å². The highest BCUT2D eigenvalue weighted by Crippen LogP contribution is 2.14. The molecule has 130 valence electrons. The molecule has 2 rings (SSSR count). The van der Waals surface area contributed by atoms with Gasteiger partial charge in [-0.25, -0.2) is 8.42 Å². The van der Waals surface area contributed by atoms with Gasteiger partial charge in [-0.15, -0.1) is 0 Å². The zero-order chi connectivity index (χ0) is 17.6. The molecule has 0 spiro atoms. The third kappa shape index (κ3) is 5.79. The fourth-order valence-electron chi connectivity index (χ4n) is 2.38. The van der Waals surface area contributed by atoms with Gasteiger partial charge in [0, 0.05) is 18.7 Å². The Morgan fingerprint density at radius 3 is 2.54 bits per heavy atom. The number of Topliss-reactive ketones (excluding diaryl/α,β-unsaturated/α-hetero) is 1. The van der Waals surface area contributed by atoms with Gasteiger partial charge in [0.05, 0.1) is 5.75 Å². The lowest BCUT2D eigenvalue weighted by Gasteiger charge is -2.14. The zero-order valence-corrected chi connectivity index (χ0v) is 14.4. The van der Waals surface area contributed by atoms with Crippen LogP contribution in [-0.2, 0) is 16.4 Å². The summed E-state index contributed by atoms with van der Waals surface area (Å²) in [6, 6.07) is 15.8. The molecule has 0 aliphatic rings. The minimum atomic E-state index is -3.57. The predicted octanol–water partition coefficient (Wildman–Crippen LogP) is 2.84. The molecule has 0 bridgehead atoms. The van der Waals surface area contributed by atoms with Crippen molar-refractivity contribution in [2.24, 2.45) is 5.73 Å². The Kier molecular flexibility index (Phi) is 6.11. The van der Waals surface area contributed by atoms with Crippen LogP contribution in [0.2, 0.25) is 0 Å². The van der Waals surface area contributed by atoms with Crippen molar-refractivity contribution in [2.75, 3.05) is 10.5 Å². The number of ketones is 1. The Morgan fingerprint density at radius 1 is 1.17 bits per heavy atom. The van der Waals surface area contributed by atoms with Gasteiger partial charge in [-0.05, 0) is 37.5 Å². The van der Waals surface area contributed by atoms with E-state index < -0.39 is 16.1 Å². The van der Waals surface area contributed by atoms with Crippen molar-refractivity contribution in [1.29, 1.82) is 0 Å². The first-order valence-corrected chi connectivity index (χ1v) is 9.42. The van der Waals surface area contributed by atoms with E-state index in [-0.39, 0.29) is 13.0 Å². The van der Waals surface area contributed by atoms with Crippen LogP contribution < -0.4 is 10.5 Å². The number of anilines is 1. The maximum atomic E-state index is 12.2. The van der Waals surface area contributed by atoms with Crippen LogP contribution in [0.25, 0.3) is 0 Å². The minimum Gasteiger partial charge on any atom is -0.327 e. The van der Waals surface area contributed by atoms with Gasteiger partial charge in [-0.2, -0.15) is 0 Å². The number of sulfonamides is 1. The Morgan fingerprint density at radius 2 is 1.88 bits per heavy atom. The second-order valence-electron chi connectivity index (χ2n) is 5.80. The highest BCUT2D eigenvalue weighted by molar-refractivity contribution is 7.92. The summed E-state index contributed by atoms with van der Waals surface area (Å²) in [4.78, 5) is 11.4. The molecule has 0 amide bonds. The Labute approximate surface area is 144 Å². The lowest BCUT2D eigenvalue weighted by Crippen LogP contribution is -2.33. The van der Waals surface area contributed by atoms with E-state index in [9.17, 15) is 13.2 Å². The molecule has 6 heteroatoms. The van der Waals surface area contributed by atoms with Crippen molar-refractivity contribution in [3.8, 4) is 0 Å². The lowest BCUT2D eigenvalue weighted by atomic mass is 10.1. The normalized spacial score (nSPS) is 12.6. The van der Waals surface area contributed by atoms with Crippen LogP contribution in [-0.4, -0.2) is 26.0 Å². The van der Waals surface area contributed by atoms with Crippen LogP contribution >= 0.6 is 0 Å². The molecule has 0 aromatic heterocycles. The maximum absolute atomic E-state index is 12.2. The molecule has 0 unspecified atom stereocenters. The molecular weight excluding hydrogens is 324 g/mol. The lowest BCUT2D eigenvalue weighted by molar-refractivity contribution is 0.101. The van der Waals surface area contributed by atoms with Crippen molar-refractivity contribution in [2.45, 2.75) is 25.8 Å². The second-order valence-corrected chi connectivity index (χ2v) is 7.57. The molecule has 0 saturated carbocycles. The summed E-state index contributed by atoms with van der Waals surface area (Å²) in [7, 11) is -3.57. The molecule has 0 aliphatic heterocycles. The van der Waals surface area contributed by atoms with Crippen molar-refractivity contribution in [3.63, 3.8) is 0 Å². The van der Waals surface area contributed by atoms with Gasteiger partial charge < -0.3 is 5.73 Å². The van der Waals surface area contributed by atoms with E-state index in [1.807, 2.05) is 30.3 Å². The SMILES string of the molecule is CC(=O)c1cccc(NS(=O)(=O)C[C@@H](N)CCc2ccccc2)c1.[HH]. The summed E-state index contributed by atoms with van der Waals surface area (Å²) in [5.41, 5.74) is 7.93. The number of hydrogen-bond donors (Lipinski definition) is 2. The first-order valence-electron chi connectivity index (χ1n) is 7.77. The number of hydrogen-bond acceptors (Lipinski definition) is 4. The zero-order valence-electron chi connectivity index (χ0n) is 13.6. The van der Waals surface area contributed by atoms with Gasteiger partial charge in [-0.3, -0.25) is 9.52 Å². The molecule has 24 heavy (non-hydrogen) atoms. The summed E-state index contributed by atoms with van der Waals surface area (Å²) in [6.45, 7) is 1.44. The van der Waals surface area contributed by atoms with Crippen LogP contribution in [0.4, 0.5) is 5.69 Å². The number of carbonyl (C=O) groups is 1. The fraction of sp³-hybridized carbons (Fsp3) is 0.278. The van der Waals surface area contributed by atoms with Crippen LogP contribution in [0.3, 0.4) is 0 Å². The average molecular weight is 348 g/mol. The largest absolute Gasteiger partial charge is 0.327 e. The van der Waals surface area contributed by atoms with E-state index in [1.54, 1.807) is 18.2 Å². The topological polar surface area (TPSA) is 89.3 Å². The van der Waals surface area contributed by atoms with E-state index in [2.05, 4.69) is 4.72 Å². The third-order valence-corrected chi connectivity index (χ3v) is 5.04. The maximum Gasteiger partial charge on any atom is 0.234 e. The first kappa shape index (κ1) is 18.2. The average Bonchev–Trinajstić information content (AvgIpc) is 2.53. The monoisotopic (exact) mass is 348 g/mol. The van der Waals surface area contributed by atoms with Crippen molar-refractivity contribution >= 4 is 21.5 Å². The molecule has 0 heterocycles. The molecule has 5 nitrogen and oxygen atoms in total. The molecule has 0 aliphatic carbocycles. The van der Waals surface area contributed by atoms with E-state index in [0.717, 1.165) is 12.0 Å². The molecule has 3 N–H and O–H groups in total. The molecule has 0 fully saturated rings. The molecule has 2 aromatic carbocycles. The summed E-state index contributed by atoms with van der Waals surface area (Å²) < 4.78 is 26.9. The summed E-state index contributed by atoms with van der Waals surface area (Å²) >= 11 is 0. The van der Waals surface area contributed by atoms with E-state index in [4.69, 9.17) is 5.73 Å². The first-order chi connectivity index (χ1) is 11.4. The number of benzene rings is 2. The van der Waals surface area contributed by atoms with Crippen molar-refractivity contribution < 1.29 is 14.6 Å². The van der Waals surface area contributed by atoms with Crippen molar-refractivity contribution in [1.82, 2.24) is 0 Å². The number of carbonyl (C=O) groups excluding carboxylic acids is 1. The predicted molar refractivity (Wildman–Crippen MR) is 98.7 cm³/mol. The summed E-state index contributed by atoms with van der Waals surface area (Å²) in [5.74, 6) is -0.278. The van der Waals surface area contributed by atoms with Crippen molar-refractivity contribution in [3.05, 3.63) is 65.7 Å². The van der Waals surface area contributed by atoms with Crippen LogP contribution in [0.1, 0.15) is 30.7 Å². The molecule has 0 radical (unpaired) electrons. The number of nitrogens with one attached hydrogen (secondary N) is 1. The van der Waals surface area contributed by atoms with Gasteiger partial charge in [-0.1, -0.05) is 42.5 Å². The molecule has 2 aromatic rings. The smallest absolute Gasteiger partial charge is 0.234 e. The Hall–Kier alpha value is -2.18. The van der Waals surface area contributed by atoms with E-state index >= 15 is 0 Å². The van der Waals surface area contributed by atoms with Gasteiger partial charge in [0.1, 0.15) is 0 Å². The quantitative estimate of drug-likeness (QED) is 0.718. The Bertz CT molecular complexity index is 795. The highest BCUT2D eigenvalue weighted by Gasteiger charge is 2.16. The number of rotatable bonds is 8. The van der Waals surface area contributed by atoms with E-state index in [1.165, 1.54) is 13.0 Å². The third-order valence-electron chi connectivity index (χ3n) is 3.62. The number of aryl methyl sites for hydroxylation is 1. The standard InChI is InChI=1S/C18H22N2O3S.H2/c1-14(21)16-8-5-9-18(12-16)20-24(22,23)13-17(19)11-10-15-6-3-2-4-7-15;/h2-9,12,17,20H,10-11,13,19H2,1H3;1H/t17-;/m0./s1. The summed E-state index contributed by atoms with van der Waals surface area (Å²) in [5, 5.41) is 0. The Balaban J connectivity index is 0.00000312. The minimum absolute atomic E-state index is 0. The van der Waals surface area contributed by atoms with E-state index in [0.29, 0.717) is 17.7 Å². The van der Waals surface area contributed by atoms with Gasteiger partial charge in [0.2, 0.25) is 10.0 Å². The number of nitrogens with two attached hydrogens (primary N) is 1. The molecule has 1 atom stereocenters. The summed E-state index contributed by atoms with van der Waals surface area (Å²) in [6.07, 6.45) is 1.32. The highest BCUT2D eigenvalue weighted by atomic mass is 32.2. The van der Waals surface area contributed by atoms with Crippen LogP contribution in [0, 0.1) is 0 Å². The van der Waals surface area contributed by atoms with Crippen LogP contribution in [0.5, 0.6) is 0 Å². The second kappa shape index (κ2) is 8.08. The molecular formula is C18H24N2O3S. The van der Waals surface area contributed by atoms with Gasteiger partial charge in [0.15, 0.2) is 5.78 Å². The van der Waals surface area contributed by atoms with Gasteiger partial charge >= 0.3 is 0 Å². The molecule has 0 saturated heterocycles.